The topological polar surface area (TPSA) is 33.6 Å². The number of nitrogens with zero attached hydrogens (tertiary/aromatic N) is 1. The molecule has 1 unspecified atom stereocenters. The number of hydrogen-bond acceptors (Lipinski definition) is 3. The lowest BCUT2D eigenvalue weighted by molar-refractivity contribution is -0.0599. The molecular weight excluding hydrogens is 257 g/mol. The molecule has 0 radical (unpaired) electrons. The van der Waals surface area contributed by atoms with E-state index in [1.807, 2.05) is 12.1 Å². The second-order valence-electron chi connectivity index (χ2n) is 4.13. The molecule has 0 aliphatic carbocycles. The second-order valence-corrected chi connectivity index (χ2v) is 4.13. The summed E-state index contributed by atoms with van der Waals surface area (Å²) in [6.07, 6.45) is -1.07. The molecule has 0 aromatic heterocycles. The van der Waals surface area contributed by atoms with Crippen molar-refractivity contribution >= 4 is 11.8 Å². The first-order chi connectivity index (χ1) is 8.99. The number of halogens is 3. The summed E-state index contributed by atoms with van der Waals surface area (Å²) >= 11 is 0. The van der Waals surface area contributed by atoms with Gasteiger partial charge in [0.25, 0.3) is 0 Å². The monoisotopic (exact) mass is 270 g/mol. The van der Waals surface area contributed by atoms with E-state index in [1.165, 1.54) is 0 Å². The van der Waals surface area contributed by atoms with E-state index in [1.54, 1.807) is 31.4 Å². The number of ether oxygens (including phenoxy) is 1. The predicted octanol–water partition coefficient (Wildman–Crippen LogP) is 2.99. The Morgan fingerprint density at radius 3 is 2.53 bits per heavy atom. The van der Waals surface area contributed by atoms with Crippen LogP contribution in [0.3, 0.4) is 0 Å². The number of rotatable bonds is 3. The third kappa shape index (κ3) is 3.49. The highest BCUT2D eigenvalue weighted by atomic mass is 19.4. The predicted molar refractivity (Wildman–Crippen MR) is 67.1 cm³/mol. The molecule has 6 heteroatoms. The van der Waals surface area contributed by atoms with Crippen LogP contribution in [0.15, 0.2) is 35.4 Å². The van der Waals surface area contributed by atoms with E-state index in [-0.39, 0.29) is 6.42 Å². The first-order valence-corrected chi connectivity index (χ1v) is 5.70. The van der Waals surface area contributed by atoms with Crippen molar-refractivity contribution in [2.75, 3.05) is 7.11 Å². The summed E-state index contributed by atoms with van der Waals surface area (Å²) in [6.45, 7) is 0. The van der Waals surface area contributed by atoms with Crippen LogP contribution in [0.2, 0.25) is 0 Å². The molecule has 0 amide bonds. The van der Waals surface area contributed by atoms with E-state index < -0.39 is 17.9 Å². The molecule has 1 N–H and O–H groups in total. The van der Waals surface area contributed by atoms with Crippen molar-refractivity contribution in [2.24, 2.45) is 5.10 Å². The van der Waals surface area contributed by atoms with Crippen molar-refractivity contribution in [2.45, 2.75) is 18.6 Å². The molecular formula is C13H13F3N2O. The molecule has 1 heterocycles. The zero-order valence-corrected chi connectivity index (χ0v) is 10.2. The summed E-state index contributed by atoms with van der Waals surface area (Å²) in [4.78, 5) is 0. The van der Waals surface area contributed by atoms with E-state index in [9.17, 15) is 13.2 Å². The smallest absolute Gasteiger partial charge is 0.431 e. The summed E-state index contributed by atoms with van der Waals surface area (Å²) in [5.41, 5.74) is 2.59. The molecule has 1 aromatic carbocycles. The van der Waals surface area contributed by atoms with Gasteiger partial charge in [-0.05, 0) is 17.7 Å². The van der Waals surface area contributed by atoms with Crippen molar-refractivity contribution in [3.8, 4) is 5.75 Å². The maximum atomic E-state index is 12.4. The average molecular weight is 270 g/mol. The molecule has 1 aliphatic rings. The molecule has 3 nitrogen and oxygen atoms in total. The van der Waals surface area contributed by atoms with Gasteiger partial charge in [0.05, 0.1) is 13.2 Å². The van der Waals surface area contributed by atoms with Gasteiger partial charge in [0.2, 0.25) is 0 Å². The number of benzene rings is 1. The van der Waals surface area contributed by atoms with Crippen LogP contribution in [0.5, 0.6) is 5.75 Å². The zero-order chi connectivity index (χ0) is 13.9. The van der Waals surface area contributed by atoms with Gasteiger partial charge in [-0.3, -0.25) is 0 Å². The van der Waals surface area contributed by atoms with Crippen LogP contribution in [0.1, 0.15) is 12.0 Å². The fourth-order valence-corrected chi connectivity index (χ4v) is 1.69. The Morgan fingerprint density at radius 2 is 2.00 bits per heavy atom. The Balaban J connectivity index is 1.94. The first-order valence-electron chi connectivity index (χ1n) is 5.70. The Morgan fingerprint density at radius 1 is 1.32 bits per heavy atom. The number of methoxy groups -OCH3 is 1. The second kappa shape index (κ2) is 5.34. The van der Waals surface area contributed by atoms with E-state index >= 15 is 0 Å². The standard InChI is InChI=1S/C13H13F3N2O/c1-19-11-6-3-9(4-7-11)2-5-10-8-12(18-17-10)13(14,15)16/h2-7,10,17H,8H2,1H3/b5-2+. The molecule has 1 aliphatic heterocycles. The van der Waals surface area contributed by atoms with Gasteiger partial charge in [0, 0.05) is 6.42 Å². The Bertz CT molecular complexity index is 492. The van der Waals surface area contributed by atoms with Crippen LogP contribution in [0.4, 0.5) is 13.2 Å². The molecule has 2 rings (SSSR count). The van der Waals surface area contributed by atoms with Crippen LogP contribution in [0, 0.1) is 0 Å². The third-order valence-electron chi connectivity index (χ3n) is 2.74. The lowest BCUT2D eigenvalue weighted by Gasteiger charge is -2.05. The highest BCUT2D eigenvalue weighted by Crippen LogP contribution is 2.23. The minimum Gasteiger partial charge on any atom is -0.497 e. The SMILES string of the molecule is COc1ccc(/C=C/C2CC(C(F)(F)F)=NN2)cc1. The summed E-state index contributed by atoms with van der Waals surface area (Å²) in [5, 5.41) is 3.30. The molecule has 102 valence electrons. The van der Waals surface area contributed by atoms with Gasteiger partial charge in [0.1, 0.15) is 11.5 Å². The van der Waals surface area contributed by atoms with Gasteiger partial charge in [-0.2, -0.15) is 18.3 Å². The summed E-state index contributed by atoms with van der Waals surface area (Å²) in [5.74, 6) is 0.735. The zero-order valence-electron chi connectivity index (χ0n) is 10.2. The average Bonchev–Trinajstić information content (AvgIpc) is 2.86. The summed E-state index contributed by atoms with van der Waals surface area (Å²) in [6, 6.07) is 6.82. The Kier molecular flexibility index (Phi) is 3.78. The fourth-order valence-electron chi connectivity index (χ4n) is 1.69. The lowest BCUT2D eigenvalue weighted by atomic mass is 10.1. The van der Waals surface area contributed by atoms with Gasteiger partial charge < -0.3 is 10.2 Å². The normalized spacial score (nSPS) is 19.4. The van der Waals surface area contributed by atoms with Gasteiger partial charge in [0.15, 0.2) is 0 Å². The maximum absolute atomic E-state index is 12.4. The van der Waals surface area contributed by atoms with Gasteiger partial charge in [-0.15, -0.1) is 0 Å². The van der Waals surface area contributed by atoms with Crippen molar-refractivity contribution in [3.05, 3.63) is 35.9 Å². The molecule has 0 saturated carbocycles. The van der Waals surface area contributed by atoms with Gasteiger partial charge >= 0.3 is 6.18 Å². The molecule has 0 bridgehead atoms. The van der Waals surface area contributed by atoms with Crippen molar-refractivity contribution in [3.63, 3.8) is 0 Å². The maximum Gasteiger partial charge on any atom is 0.431 e. The molecule has 0 spiro atoms. The molecule has 1 aromatic rings. The minimum absolute atomic E-state index is 0.143. The third-order valence-corrected chi connectivity index (χ3v) is 2.74. The van der Waals surface area contributed by atoms with Crippen LogP contribution in [0.25, 0.3) is 6.08 Å². The lowest BCUT2D eigenvalue weighted by Crippen LogP contribution is -2.22. The van der Waals surface area contributed by atoms with Crippen molar-refractivity contribution < 1.29 is 17.9 Å². The van der Waals surface area contributed by atoms with Crippen LogP contribution < -0.4 is 10.2 Å². The van der Waals surface area contributed by atoms with E-state index in [0.717, 1.165) is 11.3 Å². The minimum atomic E-state index is -4.35. The Labute approximate surface area is 108 Å². The number of hydrogen-bond donors (Lipinski definition) is 1. The van der Waals surface area contributed by atoms with E-state index in [4.69, 9.17) is 4.74 Å². The number of alkyl halides is 3. The largest absolute Gasteiger partial charge is 0.497 e. The first kappa shape index (κ1) is 13.5. The number of nitrogens with one attached hydrogen (secondary N) is 1. The van der Waals surface area contributed by atoms with E-state index in [2.05, 4.69) is 10.5 Å². The fraction of sp³-hybridized carbons (Fsp3) is 0.308. The van der Waals surface area contributed by atoms with Crippen LogP contribution >= 0.6 is 0 Å². The number of hydrazone groups is 1. The van der Waals surface area contributed by atoms with Gasteiger partial charge in [-0.1, -0.05) is 24.3 Å². The molecule has 1 atom stereocenters. The molecule has 19 heavy (non-hydrogen) atoms. The summed E-state index contributed by atoms with van der Waals surface area (Å²) < 4.78 is 42.1. The van der Waals surface area contributed by atoms with Gasteiger partial charge in [-0.25, -0.2) is 0 Å². The highest BCUT2D eigenvalue weighted by Gasteiger charge is 2.39. The molecule has 0 saturated heterocycles. The quantitative estimate of drug-likeness (QED) is 0.916. The van der Waals surface area contributed by atoms with Crippen molar-refractivity contribution in [1.29, 1.82) is 0 Å². The van der Waals surface area contributed by atoms with Crippen LogP contribution in [-0.2, 0) is 0 Å². The van der Waals surface area contributed by atoms with Crippen LogP contribution in [-0.4, -0.2) is 25.0 Å². The van der Waals surface area contributed by atoms with Crippen molar-refractivity contribution in [1.82, 2.24) is 5.43 Å². The van der Waals surface area contributed by atoms with E-state index in [0.29, 0.717) is 0 Å². The summed E-state index contributed by atoms with van der Waals surface area (Å²) in [7, 11) is 1.57. The molecule has 0 fully saturated rings. The Hall–Kier alpha value is -1.98. The highest BCUT2D eigenvalue weighted by molar-refractivity contribution is 5.91.